The van der Waals surface area contributed by atoms with Gasteiger partial charge in [0, 0.05) is 18.6 Å². The monoisotopic (exact) mass is 291 g/mol. The molecule has 0 aromatic heterocycles. The lowest BCUT2D eigenvalue weighted by Gasteiger charge is -2.25. The molecule has 3 heteroatoms. The Balaban J connectivity index is 1.97. The van der Waals surface area contributed by atoms with Crippen molar-refractivity contribution >= 4 is 0 Å². The molecule has 2 rings (SSSR count). The van der Waals surface area contributed by atoms with Crippen molar-refractivity contribution < 1.29 is 9.47 Å². The van der Waals surface area contributed by atoms with Crippen LogP contribution in [0.25, 0.3) is 0 Å². The second-order valence-corrected chi connectivity index (χ2v) is 6.19. The SMILES string of the molecule is CCCNC(COc1ccccc1C(C)C)C1CCOC1. The fourth-order valence-electron chi connectivity index (χ4n) is 2.83. The van der Waals surface area contributed by atoms with Gasteiger partial charge in [-0.1, -0.05) is 39.0 Å². The molecule has 1 heterocycles. The summed E-state index contributed by atoms with van der Waals surface area (Å²) in [5, 5.41) is 3.63. The number of hydrogen-bond donors (Lipinski definition) is 1. The van der Waals surface area contributed by atoms with Crippen molar-refractivity contribution in [1.82, 2.24) is 5.32 Å². The molecule has 0 aliphatic carbocycles. The second-order valence-electron chi connectivity index (χ2n) is 6.19. The van der Waals surface area contributed by atoms with E-state index in [-0.39, 0.29) is 0 Å². The van der Waals surface area contributed by atoms with Gasteiger partial charge in [0.1, 0.15) is 12.4 Å². The highest BCUT2D eigenvalue weighted by Gasteiger charge is 2.26. The van der Waals surface area contributed by atoms with Gasteiger partial charge in [0.15, 0.2) is 0 Å². The van der Waals surface area contributed by atoms with Crippen LogP contribution in [0.4, 0.5) is 0 Å². The average Bonchev–Trinajstić information content (AvgIpc) is 3.02. The first-order chi connectivity index (χ1) is 10.2. The van der Waals surface area contributed by atoms with Crippen molar-refractivity contribution in [2.45, 2.75) is 45.6 Å². The van der Waals surface area contributed by atoms with Gasteiger partial charge in [-0.25, -0.2) is 0 Å². The molecule has 0 bridgehead atoms. The Bertz CT molecular complexity index is 413. The number of rotatable bonds is 8. The molecule has 0 saturated carbocycles. The van der Waals surface area contributed by atoms with Crippen LogP contribution >= 0.6 is 0 Å². The molecule has 1 aliphatic rings. The van der Waals surface area contributed by atoms with Crippen molar-refractivity contribution in [1.29, 1.82) is 0 Å². The van der Waals surface area contributed by atoms with E-state index in [2.05, 4.69) is 44.3 Å². The zero-order chi connectivity index (χ0) is 15.1. The molecule has 1 aliphatic heterocycles. The lowest BCUT2D eigenvalue weighted by Crippen LogP contribution is -2.41. The normalized spacial score (nSPS) is 19.9. The molecule has 118 valence electrons. The van der Waals surface area contributed by atoms with Gasteiger partial charge in [-0.2, -0.15) is 0 Å². The van der Waals surface area contributed by atoms with Crippen LogP contribution in [-0.2, 0) is 4.74 Å². The summed E-state index contributed by atoms with van der Waals surface area (Å²) >= 11 is 0. The summed E-state index contributed by atoms with van der Waals surface area (Å²) < 4.78 is 11.7. The van der Waals surface area contributed by atoms with E-state index in [1.807, 2.05) is 6.07 Å². The molecule has 1 aromatic carbocycles. The number of benzene rings is 1. The van der Waals surface area contributed by atoms with E-state index >= 15 is 0 Å². The van der Waals surface area contributed by atoms with Crippen molar-refractivity contribution in [3.63, 3.8) is 0 Å². The number of nitrogens with one attached hydrogen (secondary N) is 1. The molecule has 1 saturated heterocycles. The quantitative estimate of drug-likeness (QED) is 0.794. The Morgan fingerprint density at radius 2 is 2.14 bits per heavy atom. The van der Waals surface area contributed by atoms with Crippen molar-refractivity contribution in [2.24, 2.45) is 5.92 Å². The highest BCUT2D eigenvalue weighted by Crippen LogP contribution is 2.26. The summed E-state index contributed by atoms with van der Waals surface area (Å²) in [6, 6.07) is 8.76. The number of ether oxygens (including phenoxy) is 2. The molecule has 1 N–H and O–H groups in total. The van der Waals surface area contributed by atoms with E-state index in [0.29, 0.717) is 17.9 Å². The number of hydrogen-bond acceptors (Lipinski definition) is 3. The predicted octanol–water partition coefficient (Wildman–Crippen LogP) is 3.59. The summed E-state index contributed by atoms with van der Waals surface area (Å²) in [6.07, 6.45) is 2.28. The zero-order valence-corrected chi connectivity index (χ0v) is 13.6. The minimum absolute atomic E-state index is 0.382. The zero-order valence-electron chi connectivity index (χ0n) is 13.6. The topological polar surface area (TPSA) is 30.5 Å². The molecular formula is C18H29NO2. The molecule has 0 radical (unpaired) electrons. The van der Waals surface area contributed by atoms with Gasteiger partial charge < -0.3 is 14.8 Å². The first kappa shape index (κ1) is 16.3. The van der Waals surface area contributed by atoms with E-state index < -0.39 is 0 Å². The molecule has 21 heavy (non-hydrogen) atoms. The third-order valence-corrected chi connectivity index (χ3v) is 4.15. The van der Waals surface area contributed by atoms with Gasteiger partial charge in [-0.05, 0) is 36.9 Å². The summed E-state index contributed by atoms with van der Waals surface area (Å²) in [7, 11) is 0. The van der Waals surface area contributed by atoms with E-state index in [1.54, 1.807) is 0 Å². The van der Waals surface area contributed by atoms with Gasteiger partial charge in [0.2, 0.25) is 0 Å². The van der Waals surface area contributed by atoms with Crippen LogP contribution in [0.2, 0.25) is 0 Å². The van der Waals surface area contributed by atoms with E-state index in [0.717, 1.165) is 45.0 Å². The summed E-state index contributed by atoms with van der Waals surface area (Å²) in [5.41, 5.74) is 1.29. The van der Waals surface area contributed by atoms with Gasteiger partial charge in [-0.3, -0.25) is 0 Å². The molecule has 3 nitrogen and oxygen atoms in total. The lowest BCUT2D eigenvalue weighted by atomic mass is 9.99. The van der Waals surface area contributed by atoms with Gasteiger partial charge in [-0.15, -0.1) is 0 Å². The van der Waals surface area contributed by atoms with E-state index in [4.69, 9.17) is 9.47 Å². The van der Waals surface area contributed by atoms with Crippen LogP contribution in [0.3, 0.4) is 0 Å². The van der Waals surface area contributed by atoms with Crippen LogP contribution < -0.4 is 10.1 Å². The first-order valence-corrected chi connectivity index (χ1v) is 8.25. The molecule has 1 fully saturated rings. The Morgan fingerprint density at radius 1 is 1.33 bits per heavy atom. The molecular weight excluding hydrogens is 262 g/mol. The third-order valence-electron chi connectivity index (χ3n) is 4.15. The van der Waals surface area contributed by atoms with Crippen LogP contribution in [0.1, 0.15) is 45.1 Å². The summed E-state index contributed by atoms with van der Waals surface area (Å²) in [4.78, 5) is 0. The largest absolute Gasteiger partial charge is 0.492 e. The standard InChI is InChI=1S/C18H29NO2/c1-4-10-19-17(15-9-11-20-12-15)13-21-18-8-6-5-7-16(18)14(2)3/h5-8,14-15,17,19H,4,9-13H2,1-3H3. The van der Waals surface area contributed by atoms with Gasteiger partial charge in [0.05, 0.1) is 6.61 Å². The summed E-state index contributed by atoms with van der Waals surface area (Å²) in [5.74, 6) is 2.08. The number of para-hydroxylation sites is 1. The van der Waals surface area contributed by atoms with Crippen molar-refractivity contribution in [3.8, 4) is 5.75 Å². The van der Waals surface area contributed by atoms with Crippen LogP contribution in [0.5, 0.6) is 5.75 Å². The molecule has 0 spiro atoms. The first-order valence-electron chi connectivity index (χ1n) is 8.25. The molecule has 2 atom stereocenters. The average molecular weight is 291 g/mol. The Kier molecular flexibility index (Phi) is 6.52. The fraction of sp³-hybridized carbons (Fsp3) is 0.667. The minimum atomic E-state index is 0.382. The highest BCUT2D eigenvalue weighted by atomic mass is 16.5. The maximum absolute atomic E-state index is 6.15. The van der Waals surface area contributed by atoms with Crippen LogP contribution in [0, 0.1) is 5.92 Å². The van der Waals surface area contributed by atoms with Crippen LogP contribution in [-0.4, -0.2) is 32.4 Å². The van der Waals surface area contributed by atoms with Crippen LogP contribution in [0.15, 0.2) is 24.3 Å². The minimum Gasteiger partial charge on any atom is -0.492 e. The molecule has 0 amide bonds. The Labute approximate surface area is 129 Å². The van der Waals surface area contributed by atoms with Gasteiger partial charge >= 0.3 is 0 Å². The smallest absolute Gasteiger partial charge is 0.122 e. The highest BCUT2D eigenvalue weighted by molar-refractivity contribution is 5.35. The Hall–Kier alpha value is -1.06. The molecule has 1 aromatic rings. The van der Waals surface area contributed by atoms with Gasteiger partial charge in [0.25, 0.3) is 0 Å². The maximum Gasteiger partial charge on any atom is 0.122 e. The fourth-order valence-corrected chi connectivity index (χ4v) is 2.83. The van der Waals surface area contributed by atoms with E-state index in [1.165, 1.54) is 5.56 Å². The maximum atomic E-state index is 6.15. The summed E-state index contributed by atoms with van der Waals surface area (Å²) in [6.45, 7) is 10.1. The van der Waals surface area contributed by atoms with E-state index in [9.17, 15) is 0 Å². The van der Waals surface area contributed by atoms with Crippen molar-refractivity contribution in [3.05, 3.63) is 29.8 Å². The second kappa shape index (κ2) is 8.40. The predicted molar refractivity (Wildman–Crippen MR) is 87.0 cm³/mol. The molecule has 2 unspecified atom stereocenters. The Morgan fingerprint density at radius 3 is 2.81 bits per heavy atom. The third kappa shape index (κ3) is 4.72. The lowest BCUT2D eigenvalue weighted by molar-refractivity contribution is 0.160. The van der Waals surface area contributed by atoms with Crippen molar-refractivity contribution in [2.75, 3.05) is 26.4 Å².